The average molecular weight is 249 g/mol. The van der Waals surface area contributed by atoms with E-state index in [0.717, 1.165) is 16.0 Å². The van der Waals surface area contributed by atoms with Gasteiger partial charge in [-0.25, -0.2) is 4.39 Å². The Morgan fingerprint density at radius 2 is 2.00 bits per heavy atom. The molecule has 0 aliphatic rings. The molecule has 0 saturated carbocycles. The van der Waals surface area contributed by atoms with Crippen LogP contribution >= 0.6 is 11.3 Å². The summed E-state index contributed by atoms with van der Waals surface area (Å²) in [6.45, 7) is 4.14. The average Bonchev–Trinajstić information content (AvgIpc) is 2.75. The van der Waals surface area contributed by atoms with Crippen LogP contribution in [-0.4, -0.2) is 7.05 Å². The molecule has 1 N–H and O–H groups in total. The van der Waals surface area contributed by atoms with Gasteiger partial charge in [0.25, 0.3) is 0 Å². The van der Waals surface area contributed by atoms with E-state index in [1.807, 2.05) is 13.1 Å². The van der Waals surface area contributed by atoms with Gasteiger partial charge in [0.05, 0.1) is 0 Å². The van der Waals surface area contributed by atoms with Crippen molar-refractivity contribution in [2.75, 3.05) is 7.05 Å². The van der Waals surface area contributed by atoms with Crippen LogP contribution in [0.1, 0.15) is 23.4 Å². The molecule has 0 amide bonds. The third-order valence-electron chi connectivity index (χ3n) is 2.92. The van der Waals surface area contributed by atoms with Gasteiger partial charge in [-0.3, -0.25) is 0 Å². The lowest BCUT2D eigenvalue weighted by Crippen LogP contribution is -2.13. The predicted octanol–water partition coefficient (Wildman–Crippen LogP) is 4.14. The number of rotatable bonds is 3. The van der Waals surface area contributed by atoms with Gasteiger partial charge in [0.15, 0.2) is 0 Å². The molecule has 2 rings (SSSR count). The van der Waals surface area contributed by atoms with E-state index in [0.29, 0.717) is 0 Å². The van der Waals surface area contributed by atoms with Crippen molar-refractivity contribution in [1.82, 2.24) is 5.32 Å². The van der Waals surface area contributed by atoms with Gasteiger partial charge in [0.2, 0.25) is 0 Å². The summed E-state index contributed by atoms with van der Waals surface area (Å²) in [7, 11) is 1.91. The fourth-order valence-electron chi connectivity index (χ4n) is 1.85. The maximum absolute atomic E-state index is 13.4. The minimum Gasteiger partial charge on any atom is -0.313 e. The van der Waals surface area contributed by atoms with E-state index in [9.17, 15) is 4.39 Å². The molecule has 0 saturated heterocycles. The number of hydrogen-bond acceptors (Lipinski definition) is 2. The highest BCUT2D eigenvalue weighted by atomic mass is 32.1. The van der Waals surface area contributed by atoms with E-state index in [2.05, 4.69) is 31.3 Å². The molecule has 0 aliphatic heterocycles. The summed E-state index contributed by atoms with van der Waals surface area (Å²) in [4.78, 5) is 2.37. The minimum atomic E-state index is -0.182. The number of thiophene rings is 1. The molecule has 17 heavy (non-hydrogen) atoms. The number of hydrogen-bond donors (Lipinski definition) is 1. The van der Waals surface area contributed by atoms with E-state index in [1.54, 1.807) is 17.4 Å². The Hall–Kier alpha value is -1.19. The molecule has 1 unspecified atom stereocenters. The van der Waals surface area contributed by atoms with Gasteiger partial charge in [-0.05, 0) is 56.3 Å². The molecular formula is C14H16FNS. The van der Waals surface area contributed by atoms with E-state index < -0.39 is 0 Å². The molecule has 1 heterocycles. The zero-order valence-electron chi connectivity index (χ0n) is 10.3. The first-order valence-electron chi connectivity index (χ1n) is 5.65. The quantitative estimate of drug-likeness (QED) is 0.862. The maximum atomic E-state index is 13.4. The van der Waals surface area contributed by atoms with E-state index in [1.165, 1.54) is 10.9 Å². The number of benzene rings is 1. The van der Waals surface area contributed by atoms with Crippen molar-refractivity contribution < 1.29 is 4.39 Å². The summed E-state index contributed by atoms with van der Waals surface area (Å²) in [6.07, 6.45) is 0. The third-order valence-corrected chi connectivity index (χ3v) is 3.95. The Morgan fingerprint density at radius 3 is 2.59 bits per heavy atom. The minimum absolute atomic E-state index is 0.182. The van der Waals surface area contributed by atoms with Crippen molar-refractivity contribution >= 4 is 11.3 Å². The van der Waals surface area contributed by atoms with Gasteiger partial charge in [-0.1, -0.05) is 6.07 Å². The maximum Gasteiger partial charge on any atom is 0.123 e. The number of nitrogens with one attached hydrogen (secondary N) is 1. The van der Waals surface area contributed by atoms with Crippen LogP contribution in [0.25, 0.3) is 10.4 Å². The fourth-order valence-corrected chi connectivity index (χ4v) is 2.76. The zero-order valence-corrected chi connectivity index (χ0v) is 11.1. The Labute approximate surface area is 105 Å². The van der Waals surface area contributed by atoms with Gasteiger partial charge < -0.3 is 5.32 Å². The second-order valence-corrected chi connectivity index (χ2v) is 5.44. The Balaban J connectivity index is 2.54. The van der Waals surface area contributed by atoms with Gasteiger partial charge >= 0.3 is 0 Å². The largest absolute Gasteiger partial charge is 0.313 e. The molecule has 0 spiro atoms. The highest BCUT2D eigenvalue weighted by Crippen LogP contribution is 2.33. The molecule has 0 radical (unpaired) electrons. The second-order valence-electron chi connectivity index (χ2n) is 4.15. The SMILES string of the molecule is CNC(C)c1ccc(F)cc1-c1ccc(C)s1. The van der Waals surface area contributed by atoms with Crippen LogP contribution in [0.15, 0.2) is 30.3 Å². The molecule has 0 aliphatic carbocycles. The van der Waals surface area contributed by atoms with Crippen LogP contribution in [0.3, 0.4) is 0 Å². The molecule has 1 atom stereocenters. The Kier molecular flexibility index (Phi) is 3.60. The van der Waals surface area contributed by atoms with Crippen LogP contribution in [-0.2, 0) is 0 Å². The highest BCUT2D eigenvalue weighted by molar-refractivity contribution is 7.15. The van der Waals surface area contributed by atoms with Crippen molar-refractivity contribution in [2.45, 2.75) is 19.9 Å². The van der Waals surface area contributed by atoms with E-state index in [-0.39, 0.29) is 11.9 Å². The van der Waals surface area contributed by atoms with Gasteiger partial charge in [0, 0.05) is 15.8 Å². The van der Waals surface area contributed by atoms with E-state index in [4.69, 9.17) is 0 Å². The van der Waals surface area contributed by atoms with Gasteiger partial charge in [0.1, 0.15) is 5.82 Å². The van der Waals surface area contributed by atoms with Crippen molar-refractivity contribution in [3.05, 3.63) is 46.6 Å². The van der Waals surface area contributed by atoms with Crippen LogP contribution < -0.4 is 5.32 Å². The summed E-state index contributed by atoms with van der Waals surface area (Å²) >= 11 is 1.70. The van der Waals surface area contributed by atoms with Crippen molar-refractivity contribution in [3.8, 4) is 10.4 Å². The lowest BCUT2D eigenvalue weighted by Gasteiger charge is -2.15. The molecule has 1 aromatic heterocycles. The molecule has 0 fully saturated rings. The monoisotopic (exact) mass is 249 g/mol. The van der Waals surface area contributed by atoms with Gasteiger partial charge in [-0.2, -0.15) is 0 Å². The second kappa shape index (κ2) is 4.98. The van der Waals surface area contributed by atoms with Crippen LogP contribution in [0.5, 0.6) is 0 Å². The lowest BCUT2D eigenvalue weighted by molar-refractivity contribution is 0.620. The third kappa shape index (κ3) is 2.56. The smallest absolute Gasteiger partial charge is 0.123 e. The predicted molar refractivity (Wildman–Crippen MR) is 71.9 cm³/mol. The first kappa shape index (κ1) is 12.3. The molecule has 1 aromatic carbocycles. The van der Waals surface area contributed by atoms with Crippen molar-refractivity contribution in [2.24, 2.45) is 0 Å². The van der Waals surface area contributed by atoms with Crippen LogP contribution in [0, 0.1) is 12.7 Å². The fraction of sp³-hybridized carbons (Fsp3) is 0.286. The van der Waals surface area contributed by atoms with Crippen molar-refractivity contribution in [1.29, 1.82) is 0 Å². The Morgan fingerprint density at radius 1 is 1.24 bits per heavy atom. The molecule has 90 valence electrons. The standard InChI is InChI=1S/C14H16FNS/c1-9-4-7-14(17-9)13-8-11(15)5-6-12(13)10(2)16-3/h4-8,10,16H,1-3H3. The van der Waals surface area contributed by atoms with Crippen molar-refractivity contribution in [3.63, 3.8) is 0 Å². The highest BCUT2D eigenvalue weighted by Gasteiger charge is 2.12. The summed E-state index contributed by atoms with van der Waals surface area (Å²) in [5.74, 6) is -0.182. The molecule has 2 aromatic rings. The molecule has 1 nitrogen and oxygen atoms in total. The summed E-state index contributed by atoms with van der Waals surface area (Å²) in [5, 5.41) is 3.20. The topological polar surface area (TPSA) is 12.0 Å². The molecule has 0 bridgehead atoms. The molecule has 3 heteroatoms. The normalized spacial score (nSPS) is 12.7. The summed E-state index contributed by atoms with van der Waals surface area (Å²) < 4.78 is 13.4. The first-order chi connectivity index (χ1) is 8.11. The molecular weight excluding hydrogens is 233 g/mol. The van der Waals surface area contributed by atoms with Crippen LogP contribution in [0.2, 0.25) is 0 Å². The van der Waals surface area contributed by atoms with Crippen LogP contribution in [0.4, 0.5) is 4.39 Å². The zero-order chi connectivity index (χ0) is 12.4. The van der Waals surface area contributed by atoms with E-state index >= 15 is 0 Å². The summed E-state index contributed by atoms with van der Waals surface area (Å²) in [5.41, 5.74) is 2.13. The number of halogens is 1. The summed E-state index contributed by atoms with van der Waals surface area (Å²) in [6, 6.07) is 9.34. The Bertz CT molecular complexity index is 519. The van der Waals surface area contributed by atoms with Gasteiger partial charge in [-0.15, -0.1) is 11.3 Å². The number of aryl methyl sites for hydroxylation is 1. The first-order valence-corrected chi connectivity index (χ1v) is 6.47. The lowest BCUT2D eigenvalue weighted by atomic mass is 10.00.